The number of aromatic nitrogens is 6. The molecule has 8 heteroatoms. The molecule has 6 nitrogen and oxygen atoms in total. The van der Waals surface area contributed by atoms with E-state index in [4.69, 9.17) is 4.98 Å². The van der Waals surface area contributed by atoms with Crippen LogP contribution in [-0.2, 0) is 0 Å². The number of aromatic amines is 2. The van der Waals surface area contributed by atoms with Crippen molar-refractivity contribution in [3.63, 3.8) is 0 Å². The Morgan fingerprint density at radius 1 is 0.781 bits per heavy atom. The van der Waals surface area contributed by atoms with Crippen LogP contribution in [0.15, 0.2) is 73.2 Å². The Balaban J connectivity index is 1.54. The van der Waals surface area contributed by atoms with Crippen molar-refractivity contribution in [2.45, 2.75) is 0 Å². The Morgan fingerprint density at radius 3 is 2.47 bits per heavy atom. The molecule has 0 amide bonds. The summed E-state index contributed by atoms with van der Waals surface area (Å²) in [6.45, 7) is 0. The van der Waals surface area contributed by atoms with Crippen LogP contribution in [-0.4, -0.2) is 30.1 Å². The van der Waals surface area contributed by atoms with E-state index in [2.05, 4.69) is 25.1 Å². The van der Waals surface area contributed by atoms with Crippen molar-refractivity contribution in [1.82, 2.24) is 30.1 Å². The summed E-state index contributed by atoms with van der Waals surface area (Å²) in [5, 5.41) is 7.43. The quantitative estimate of drug-likeness (QED) is 0.393. The van der Waals surface area contributed by atoms with E-state index in [-0.39, 0.29) is 11.5 Å². The normalized spacial score (nSPS) is 11.4. The number of rotatable bonds is 3. The second-order valence-electron chi connectivity index (χ2n) is 7.32. The number of pyridine rings is 2. The first-order chi connectivity index (χ1) is 15.7. The number of nitrogens with one attached hydrogen (secondary N) is 2. The van der Waals surface area contributed by atoms with Gasteiger partial charge in [0.2, 0.25) is 0 Å². The fraction of sp³-hybridized carbons (Fsp3) is 0. The molecule has 0 saturated heterocycles. The van der Waals surface area contributed by atoms with Crippen LogP contribution in [0.4, 0.5) is 8.78 Å². The first kappa shape index (κ1) is 18.3. The highest BCUT2D eigenvalue weighted by molar-refractivity contribution is 5.98. The van der Waals surface area contributed by atoms with Crippen LogP contribution >= 0.6 is 0 Å². The lowest BCUT2D eigenvalue weighted by Crippen LogP contribution is -1.92. The van der Waals surface area contributed by atoms with Gasteiger partial charge in [-0.3, -0.25) is 15.1 Å². The van der Waals surface area contributed by atoms with E-state index in [1.807, 2.05) is 18.2 Å². The van der Waals surface area contributed by atoms with Crippen LogP contribution < -0.4 is 0 Å². The highest BCUT2D eigenvalue weighted by atomic mass is 19.1. The summed E-state index contributed by atoms with van der Waals surface area (Å²) >= 11 is 0. The summed E-state index contributed by atoms with van der Waals surface area (Å²) in [7, 11) is 0. The van der Waals surface area contributed by atoms with Crippen LogP contribution in [0.25, 0.3) is 55.8 Å². The third kappa shape index (κ3) is 2.84. The van der Waals surface area contributed by atoms with E-state index in [1.165, 1.54) is 12.1 Å². The maximum absolute atomic E-state index is 15.5. The Kier molecular flexibility index (Phi) is 4.04. The van der Waals surface area contributed by atoms with Crippen LogP contribution in [0.2, 0.25) is 0 Å². The van der Waals surface area contributed by atoms with Crippen molar-refractivity contribution in [3.05, 3.63) is 84.8 Å². The van der Waals surface area contributed by atoms with E-state index in [9.17, 15) is 4.39 Å². The topological polar surface area (TPSA) is 83.1 Å². The fourth-order valence-corrected chi connectivity index (χ4v) is 3.86. The predicted octanol–water partition coefficient (Wildman–Crippen LogP) is 5.51. The van der Waals surface area contributed by atoms with Gasteiger partial charge >= 0.3 is 0 Å². The fourth-order valence-electron chi connectivity index (χ4n) is 3.86. The Morgan fingerprint density at radius 2 is 1.66 bits per heavy atom. The molecule has 4 aromatic heterocycles. The molecule has 2 N–H and O–H groups in total. The summed E-state index contributed by atoms with van der Waals surface area (Å²) in [5.74, 6) is -0.387. The highest BCUT2D eigenvalue weighted by Gasteiger charge is 2.21. The van der Waals surface area contributed by atoms with Gasteiger partial charge in [0, 0.05) is 23.5 Å². The zero-order valence-electron chi connectivity index (χ0n) is 16.5. The molecule has 0 unspecified atom stereocenters. The third-order valence-electron chi connectivity index (χ3n) is 5.37. The van der Waals surface area contributed by atoms with Gasteiger partial charge in [0.15, 0.2) is 11.6 Å². The molecule has 6 aromatic rings. The Bertz CT molecular complexity index is 1590. The number of benzene rings is 2. The molecule has 0 aliphatic heterocycles. The van der Waals surface area contributed by atoms with E-state index in [0.29, 0.717) is 33.5 Å². The first-order valence-corrected chi connectivity index (χ1v) is 9.87. The van der Waals surface area contributed by atoms with E-state index in [0.717, 1.165) is 16.6 Å². The van der Waals surface area contributed by atoms with Gasteiger partial charge in [-0.25, -0.2) is 13.8 Å². The van der Waals surface area contributed by atoms with Crippen molar-refractivity contribution < 1.29 is 8.78 Å². The summed E-state index contributed by atoms with van der Waals surface area (Å²) < 4.78 is 28.9. The molecule has 6 rings (SSSR count). The SMILES string of the molecule is Fc1ccc(-c2cccc3[nH]c(-c4n[nH]c5cnc(-c6cccnc6)c(F)c45)nc23)cc1. The average molecular weight is 424 g/mol. The molecule has 154 valence electrons. The van der Waals surface area contributed by atoms with Gasteiger partial charge < -0.3 is 4.98 Å². The molecule has 0 aliphatic rings. The summed E-state index contributed by atoms with van der Waals surface area (Å²) in [6.07, 6.45) is 4.73. The zero-order chi connectivity index (χ0) is 21.7. The van der Waals surface area contributed by atoms with Crippen molar-refractivity contribution in [2.24, 2.45) is 0 Å². The molecule has 4 heterocycles. The average Bonchev–Trinajstić information content (AvgIpc) is 3.45. The van der Waals surface area contributed by atoms with Gasteiger partial charge in [-0.15, -0.1) is 0 Å². The molecule has 0 saturated carbocycles. The number of halogens is 2. The van der Waals surface area contributed by atoms with Crippen molar-refractivity contribution in [3.8, 4) is 33.9 Å². The molecule has 0 fully saturated rings. The van der Waals surface area contributed by atoms with Crippen LogP contribution in [0, 0.1) is 11.6 Å². The number of fused-ring (bicyclic) bond motifs is 2. The van der Waals surface area contributed by atoms with Gasteiger partial charge in [-0.2, -0.15) is 5.10 Å². The van der Waals surface area contributed by atoms with E-state index >= 15 is 4.39 Å². The second-order valence-corrected chi connectivity index (χ2v) is 7.32. The monoisotopic (exact) mass is 424 g/mol. The molecule has 0 atom stereocenters. The minimum absolute atomic E-state index is 0.191. The number of para-hydroxylation sites is 1. The van der Waals surface area contributed by atoms with Crippen molar-refractivity contribution >= 4 is 21.9 Å². The lowest BCUT2D eigenvalue weighted by Gasteiger charge is -2.03. The van der Waals surface area contributed by atoms with Gasteiger partial charge in [-0.05, 0) is 35.9 Å². The molecule has 0 aliphatic carbocycles. The summed E-state index contributed by atoms with van der Waals surface area (Å²) in [4.78, 5) is 16.2. The Labute approximate surface area is 180 Å². The zero-order valence-corrected chi connectivity index (χ0v) is 16.5. The molecular weight excluding hydrogens is 410 g/mol. The molecule has 0 bridgehead atoms. The van der Waals surface area contributed by atoms with Gasteiger partial charge in [-0.1, -0.05) is 24.3 Å². The van der Waals surface area contributed by atoms with E-state index in [1.54, 1.807) is 42.9 Å². The lowest BCUT2D eigenvalue weighted by molar-refractivity contribution is 0.628. The molecule has 32 heavy (non-hydrogen) atoms. The molecule has 0 radical (unpaired) electrons. The van der Waals surface area contributed by atoms with Gasteiger partial charge in [0.25, 0.3) is 0 Å². The first-order valence-electron chi connectivity index (χ1n) is 9.87. The lowest BCUT2D eigenvalue weighted by atomic mass is 10.0. The van der Waals surface area contributed by atoms with Crippen LogP contribution in [0.1, 0.15) is 0 Å². The van der Waals surface area contributed by atoms with Gasteiger partial charge in [0.1, 0.15) is 17.2 Å². The number of imidazole rings is 1. The molecule has 0 spiro atoms. The van der Waals surface area contributed by atoms with Gasteiger partial charge in [0.05, 0.1) is 28.1 Å². The molecular formula is C24H14F2N6. The Hall–Kier alpha value is -4.46. The maximum atomic E-state index is 15.5. The number of hydrogen-bond donors (Lipinski definition) is 2. The number of nitrogens with zero attached hydrogens (tertiary/aromatic N) is 4. The van der Waals surface area contributed by atoms with Crippen molar-refractivity contribution in [2.75, 3.05) is 0 Å². The second kappa shape index (κ2) is 7.05. The minimum atomic E-state index is -0.501. The standard InChI is InChI=1S/C24H14F2N6/c25-15-8-6-13(7-9-15)16-4-1-5-17-22(16)30-24(29-17)23-19-18(31-32-23)12-28-21(20(19)26)14-3-2-10-27-11-14/h1-12H,(H,29,30)(H,31,32). The third-order valence-corrected chi connectivity index (χ3v) is 5.37. The van der Waals surface area contributed by atoms with E-state index < -0.39 is 5.82 Å². The number of H-pyrrole nitrogens is 2. The van der Waals surface area contributed by atoms with Crippen LogP contribution in [0.5, 0.6) is 0 Å². The predicted molar refractivity (Wildman–Crippen MR) is 118 cm³/mol. The van der Waals surface area contributed by atoms with Crippen LogP contribution in [0.3, 0.4) is 0 Å². The number of hydrogen-bond acceptors (Lipinski definition) is 4. The highest BCUT2D eigenvalue weighted by Crippen LogP contribution is 2.34. The van der Waals surface area contributed by atoms with Crippen molar-refractivity contribution in [1.29, 1.82) is 0 Å². The summed E-state index contributed by atoms with van der Waals surface area (Å²) in [6, 6.07) is 15.4. The largest absolute Gasteiger partial charge is 0.337 e. The smallest absolute Gasteiger partial charge is 0.161 e. The minimum Gasteiger partial charge on any atom is -0.337 e. The molecule has 2 aromatic carbocycles. The maximum Gasteiger partial charge on any atom is 0.161 e. The summed E-state index contributed by atoms with van der Waals surface area (Å²) in [5.41, 5.74) is 4.70.